The second-order valence-corrected chi connectivity index (χ2v) is 4.41. The highest BCUT2D eigenvalue weighted by Gasteiger charge is 2.26. The van der Waals surface area contributed by atoms with Crippen LogP contribution in [0.25, 0.3) is 0 Å². The van der Waals surface area contributed by atoms with Gasteiger partial charge in [0, 0.05) is 13.6 Å². The maximum atomic E-state index is 11.4. The zero-order chi connectivity index (χ0) is 12.1. The Morgan fingerprint density at radius 2 is 1.93 bits per heavy atom. The monoisotopic (exact) mass is 231 g/mol. The fourth-order valence-electron chi connectivity index (χ4n) is 0.959. The van der Waals surface area contributed by atoms with Gasteiger partial charge in [0.2, 0.25) is 11.8 Å². The maximum Gasteiger partial charge on any atom is 0.227 e. The third-order valence-corrected chi connectivity index (χ3v) is 2.05. The van der Waals surface area contributed by atoms with E-state index >= 15 is 0 Å². The second-order valence-electron chi connectivity index (χ2n) is 3.88. The molecule has 15 heavy (non-hydrogen) atoms. The number of carbonyl (C=O) groups is 2. The topological polar surface area (TPSA) is 84.2 Å². The van der Waals surface area contributed by atoms with Crippen molar-refractivity contribution in [3.63, 3.8) is 0 Å². The molecule has 86 valence electrons. The van der Waals surface area contributed by atoms with E-state index in [4.69, 9.17) is 5.73 Å². The van der Waals surface area contributed by atoms with Crippen LogP contribution < -0.4 is 16.4 Å². The smallest absolute Gasteiger partial charge is 0.227 e. The number of rotatable bonds is 5. The Balaban J connectivity index is 4.09. The Kier molecular flexibility index (Phi) is 5.21. The molecule has 0 rings (SSSR count). The van der Waals surface area contributed by atoms with Crippen LogP contribution in [-0.4, -0.2) is 30.4 Å². The van der Waals surface area contributed by atoms with Crippen molar-refractivity contribution in [2.45, 2.75) is 20.3 Å². The number of hydrogen-bond donors (Lipinski definition) is 3. The molecule has 0 radical (unpaired) electrons. The highest BCUT2D eigenvalue weighted by Crippen LogP contribution is 2.12. The van der Waals surface area contributed by atoms with Crippen LogP contribution in [0.15, 0.2) is 0 Å². The van der Waals surface area contributed by atoms with E-state index in [9.17, 15) is 9.59 Å². The molecule has 2 amide bonds. The molecular formula is C9H17N3O2S. The van der Waals surface area contributed by atoms with Crippen molar-refractivity contribution >= 4 is 29.0 Å². The number of nitrogens with two attached hydrogens (primary N) is 1. The highest BCUT2D eigenvalue weighted by molar-refractivity contribution is 7.80. The van der Waals surface area contributed by atoms with Crippen LogP contribution >= 0.6 is 12.2 Å². The van der Waals surface area contributed by atoms with Gasteiger partial charge in [-0.2, -0.15) is 0 Å². The van der Waals surface area contributed by atoms with Crippen LogP contribution in [-0.2, 0) is 9.59 Å². The third-order valence-electron chi connectivity index (χ3n) is 1.90. The lowest BCUT2D eigenvalue weighted by Crippen LogP contribution is -2.44. The average Bonchev–Trinajstić information content (AvgIpc) is 2.12. The highest BCUT2D eigenvalue weighted by atomic mass is 32.1. The van der Waals surface area contributed by atoms with Crippen molar-refractivity contribution in [3.05, 3.63) is 0 Å². The summed E-state index contributed by atoms with van der Waals surface area (Å²) in [6, 6.07) is 0. The molecule has 0 spiro atoms. The van der Waals surface area contributed by atoms with E-state index in [1.807, 2.05) is 0 Å². The molecule has 0 atom stereocenters. The van der Waals surface area contributed by atoms with Crippen molar-refractivity contribution in [1.29, 1.82) is 0 Å². The Bertz CT molecular complexity index is 277. The quantitative estimate of drug-likeness (QED) is 0.560. The molecule has 0 saturated carbocycles. The molecule has 0 fully saturated rings. The van der Waals surface area contributed by atoms with Gasteiger partial charge in [0.25, 0.3) is 0 Å². The Morgan fingerprint density at radius 1 is 1.40 bits per heavy atom. The van der Waals surface area contributed by atoms with Crippen LogP contribution in [0.4, 0.5) is 0 Å². The van der Waals surface area contributed by atoms with Gasteiger partial charge in [0.15, 0.2) is 0 Å². The molecule has 6 heteroatoms. The number of carbonyl (C=O) groups excluding carboxylic acids is 2. The molecule has 0 unspecified atom stereocenters. The van der Waals surface area contributed by atoms with Gasteiger partial charge in [0.1, 0.15) is 0 Å². The standard InChI is InChI=1S/C9H17N3O2S/c1-9(2,8(14)11-3)5-12-7(13)4-6(10)15/h4-5H2,1-3H3,(H2,10,15)(H,11,14)(H,12,13). The van der Waals surface area contributed by atoms with Gasteiger partial charge < -0.3 is 16.4 Å². The molecule has 4 N–H and O–H groups in total. The molecular weight excluding hydrogens is 214 g/mol. The summed E-state index contributed by atoms with van der Waals surface area (Å²) in [5.41, 5.74) is 4.57. The average molecular weight is 231 g/mol. The fraction of sp³-hybridized carbons (Fsp3) is 0.667. The van der Waals surface area contributed by atoms with Crippen LogP contribution in [0.2, 0.25) is 0 Å². The zero-order valence-electron chi connectivity index (χ0n) is 9.22. The van der Waals surface area contributed by atoms with Gasteiger partial charge >= 0.3 is 0 Å². The van der Waals surface area contributed by atoms with E-state index in [-0.39, 0.29) is 29.8 Å². The van der Waals surface area contributed by atoms with Crippen molar-refractivity contribution in [3.8, 4) is 0 Å². The lowest BCUT2D eigenvalue weighted by atomic mass is 9.92. The van der Waals surface area contributed by atoms with E-state index < -0.39 is 5.41 Å². The summed E-state index contributed by atoms with van der Waals surface area (Å²) in [6.45, 7) is 3.74. The minimum Gasteiger partial charge on any atom is -0.393 e. The molecule has 0 aromatic rings. The minimum atomic E-state index is -0.638. The van der Waals surface area contributed by atoms with Gasteiger partial charge in [-0.05, 0) is 13.8 Å². The number of hydrogen-bond acceptors (Lipinski definition) is 3. The predicted molar refractivity (Wildman–Crippen MR) is 62.3 cm³/mol. The molecule has 0 heterocycles. The molecule has 0 aromatic heterocycles. The van der Waals surface area contributed by atoms with E-state index in [0.717, 1.165) is 0 Å². The minimum absolute atomic E-state index is 0.0131. The first-order chi connectivity index (χ1) is 6.79. The summed E-state index contributed by atoms with van der Waals surface area (Å²) in [5, 5.41) is 5.13. The predicted octanol–water partition coefficient (Wildman–Crippen LogP) is -0.449. The molecule has 0 aliphatic rings. The summed E-state index contributed by atoms with van der Waals surface area (Å²) in [6.07, 6.45) is 0.0131. The number of nitrogens with one attached hydrogen (secondary N) is 2. The zero-order valence-corrected chi connectivity index (χ0v) is 10.0. The van der Waals surface area contributed by atoms with Crippen LogP contribution in [0, 0.1) is 5.41 Å². The first-order valence-electron chi connectivity index (χ1n) is 4.57. The van der Waals surface area contributed by atoms with Gasteiger partial charge in [0.05, 0.1) is 16.8 Å². The number of thiocarbonyl (C=S) groups is 1. The van der Waals surface area contributed by atoms with Crippen molar-refractivity contribution in [2.24, 2.45) is 11.1 Å². The van der Waals surface area contributed by atoms with Gasteiger partial charge in [-0.3, -0.25) is 9.59 Å². The summed E-state index contributed by atoms with van der Waals surface area (Å²) < 4.78 is 0. The Hall–Kier alpha value is -1.17. The largest absolute Gasteiger partial charge is 0.393 e. The van der Waals surface area contributed by atoms with Crippen LogP contribution in [0.3, 0.4) is 0 Å². The Morgan fingerprint density at radius 3 is 2.33 bits per heavy atom. The lowest BCUT2D eigenvalue weighted by molar-refractivity contribution is -0.129. The molecule has 0 aliphatic heterocycles. The van der Waals surface area contributed by atoms with Gasteiger partial charge in [-0.1, -0.05) is 12.2 Å². The summed E-state index contributed by atoms with van der Waals surface area (Å²) >= 11 is 4.59. The first kappa shape index (κ1) is 13.8. The van der Waals surface area contributed by atoms with Gasteiger partial charge in [-0.15, -0.1) is 0 Å². The molecule has 0 aliphatic carbocycles. The van der Waals surface area contributed by atoms with E-state index in [1.165, 1.54) is 0 Å². The van der Waals surface area contributed by atoms with Gasteiger partial charge in [-0.25, -0.2) is 0 Å². The molecule has 0 saturated heterocycles. The maximum absolute atomic E-state index is 11.4. The molecule has 5 nitrogen and oxygen atoms in total. The van der Waals surface area contributed by atoms with Crippen LogP contribution in [0.5, 0.6) is 0 Å². The summed E-state index contributed by atoms with van der Waals surface area (Å²) in [5.74, 6) is -0.391. The summed E-state index contributed by atoms with van der Waals surface area (Å²) in [7, 11) is 1.56. The van der Waals surface area contributed by atoms with Crippen molar-refractivity contribution in [1.82, 2.24) is 10.6 Å². The lowest BCUT2D eigenvalue weighted by Gasteiger charge is -2.22. The second kappa shape index (κ2) is 5.65. The van der Waals surface area contributed by atoms with E-state index in [0.29, 0.717) is 0 Å². The SMILES string of the molecule is CNC(=O)C(C)(C)CNC(=O)CC(N)=S. The van der Waals surface area contributed by atoms with Crippen molar-refractivity contribution in [2.75, 3.05) is 13.6 Å². The van der Waals surface area contributed by atoms with E-state index in [1.54, 1.807) is 20.9 Å². The Labute approximate surface area is 94.8 Å². The molecule has 0 bridgehead atoms. The van der Waals surface area contributed by atoms with Crippen molar-refractivity contribution < 1.29 is 9.59 Å². The van der Waals surface area contributed by atoms with E-state index in [2.05, 4.69) is 22.9 Å². The fourth-order valence-corrected chi connectivity index (χ4v) is 1.09. The first-order valence-corrected chi connectivity index (χ1v) is 4.97. The molecule has 0 aromatic carbocycles. The normalized spacial score (nSPS) is 10.6. The summed E-state index contributed by atoms with van der Waals surface area (Å²) in [4.78, 5) is 22.7. The van der Waals surface area contributed by atoms with Crippen LogP contribution in [0.1, 0.15) is 20.3 Å². The number of amides is 2. The third kappa shape index (κ3) is 5.31.